The maximum atomic E-state index is 12.8. The van der Waals surface area contributed by atoms with E-state index in [0.29, 0.717) is 72.9 Å². The van der Waals surface area contributed by atoms with Crippen molar-refractivity contribution in [1.82, 2.24) is 10.1 Å². The fourth-order valence-electron chi connectivity index (χ4n) is 8.49. The highest BCUT2D eigenvalue weighted by Crippen LogP contribution is 2.46. The maximum absolute atomic E-state index is 12.8. The molecule has 4 aliphatic rings. The Balaban J connectivity index is 0.000000173. The summed E-state index contributed by atoms with van der Waals surface area (Å²) in [5.41, 5.74) is 6.47. The number of aliphatic hydroxyl groups is 2. The van der Waals surface area contributed by atoms with Gasteiger partial charge in [0.1, 0.15) is 11.1 Å². The van der Waals surface area contributed by atoms with Gasteiger partial charge in [0.05, 0.1) is 14.2 Å². The quantitative estimate of drug-likeness (QED) is 0.109. The Kier molecular flexibility index (Phi) is 15.0. The lowest BCUT2D eigenvalue weighted by atomic mass is 9.81. The number of aryl methyl sites for hydroxylation is 4. The Bertz CT molecular complexity index is 2330. The predicted molar refractivity (Wildman–Crippen MR) is 244 cm³/mol. The minimum absolute atomic E-state index is 0.0451. The van der Waals surface area contributed by atoms with Crippen LogP contribution in [0.1, 0.15) is 59.1 Å². The van der Waals surface area contributed by atoms with Gasteiger partial charge in [-0.3, -0.25) is 0 Å². The van der Waals surface area contributed by atoms with Crippen molar-refractivity contribution in [2.24, 2.45) is 0 Å². The molecular formula is C46H50BBrCl2N2O10. The van der Waals surface area contributed by atoms with Crippen LogP contribution in [0.25, 0.3) is 22.3 Å². The average Bonchev–Trinajstić information content (AvgIpc) is 3.61. The third-order valence-corrected chi connectivity index (χ3v) is 12.7. The van der Waals surface area contributed by atoms with E-state index in [1.165, 1.54) is 0 Å². The second-order valence-corrected chi connectivity index (χ2v) is 17.6. The molecule has 2 fully saturated rings. The van der Waals surface area contributed by atoms with Crippen LogP contribution >= 0.6 is 39.1 Å². The van der Waals surface area contributed by atoms with Crippen molar-refractivity contribution in [3.8, 4) is 11.1 Å². The second kappa shape index (κ2) is 19.7. The third-order valence-electron chi connectivity index (χ3n) is 11.8. The van der Waals surface area contributed by atoms with E-state index in [1.807, 2.05) is 81.3 Å². The molecule has 0 aliphatic carbocycles. The number of esters is 2. The van der Waals surface area contributed by atoms with E-state index in [4.69, 9.17) is 52.4 Å². The molecule has 4 aliphatic heterocycles. The number of carbonyl (C=O) groups excluding carboxylic acids is 2. The molecule has 12 nitrogen and oxygen atoms in total. The summed E-state index contributed by atoms with van der Waals surface area (Å²) in [7, 11) is 1.83. The highest BCUT2D eigenvalue weighted by molar-refractivity contribution is 9.10. The van der Waals surface area contributed by atoms with Crippen LogP contribution in [0.3, 0.4) is 0 Å². The van der Waals surface area contributed by atoms with Crippen molar-refractivity contribution in [2.75, 3.05) is 40.4 Å². The molecule has 16 heteroatoms. The minimum atomic E-state index is -1.41. The van der Waals surface area contributed by atoms with Crippen LogP contribution in [0.2, 0.25) is 10.0 Å². The molecule has 4 N–H and O–H groups in total. The van der Waals surface area contributed by atoms with Gasteiger partial charge >= 0.3 is 19.1 Å². The number of piperidine rings is 2. The lowest BCUT2D eigenvalue weighted by molar-refractivity contribution is -0.182. The van der Waals surface area contributed by atoms with Gasteiger partial charge in [0.2, 0.25) is 0 Å². The van der Waals surface area contributed by atoms with E-state index >= 15 is 0 Å². The predicted octanol–water partition coefficient (Wildman–Crippen LogP) is 8.15. The van der Waals surface area contributed by atoms with Gasteiger partial charge in [-0.2, -0.15) is 10.1 Å². The van der Waals surface area contributed by atoms with E-state index in [0.717, 1.165) is 49.0 Å². The van der Waals surface area contributed by atoms with Crippen LogP contribution < -0.4 is 5.46 Å². The molecule has 62 heavy (non-hydrogen) atoms. The number of ether oxygens (including phenoxy) is 2. The number of aliphatic hydroxyl groups excluding tert-OH is 2. The van der Waals surface area contributed by atoms with E-state index in [-0.39, 0.29) is 17.1 Å². The van der Waals surface area contributed by atoms with Crippen LogP contribution in [0.4, 0.5) is 0 Å². The first-order chi connectivity index (χ1) is 29.4. The first-order valence-electron chi connectivity index (χ1n) is 20.1. The Morgan fingerprint density at radius 1 is 0.613 bits per heavy atom. The molecule has 4 aromatic carbocycles. The van der Waals surface area contributed by atoms with Crippen LogP contribution in [-0.4, -0.2) is 101 Å². The van der Waals surface area contributed by atoms with Crippen LogP contribution in [0, 0.1) is 27.7 Å². The molecular weight excluding hydrogens is 902 g/mol. The van der Waals surface area contributed by atoms with Crippen molar-refractivity contribution in [1.29, 1.82) is 0 Å². The van der Waals surface area contributed by atoms with Crippen molar-refractivity contribution >= 4 is 74.8 Å². The molecule has 0 atom stereocenters. The topological polar surface area (TPSA) is 158 Å². The molecule has 0 amide bonds. The van der Waals surface area contributed by atoms with Crippen LogP contribution in [0.15, 0.2) is 88.8 Å². The molecule has 0 unspecified atom stereocenters. The maximum Gasteiger partial charge on any atom is 0.488 e. The largest absolute Gasteiger partial charge is 0.507 e. The third kappa shape index (κ3) is 9.94. The van der Waals surface area contributed by atoms with Gasteiger partial charge in [0, 0.05) is 66.4 Å². The number of rotatable bonds is 6. The summed E-state index contributed by atoms with van der Waals surface area (Å²) in [4.78, 5) is 35.8. The number of nitrogens with zero attached hydrogens (tertiary/aromatic N) is 2. The fourth-order valence-corrected chi connectivity index (χ4v) is 9.43. The minimum Gasteiger partial charge on any atom is -0.507 e. The summed E-state index contributed by atoms with van der Waals surface area (Å²) in [6, 6.07) is 21.9. The summed E-state index contributed by atoms with van der Waals surface area (Å²) in [6.07, 6.45) is 2.05. The van der Waals surface area contributed by atoms with Crippen LogP contribution in [-0.2, 0) is 28.7 Å². The molecule has 2 saturated heterocycles. The number of hydrogen-bond donors (Lipinski definition) is 4. The first kappa shape index (κ1) is 47.3. The molecule has 0 aromatic heterocycles. The smallest absolute Gasteiger partial charge is 0.488 e. The van der Waals surface area contributed by atoms with Crippen LogP contribution in [0.5, 0.6) is 0 Å². The number of hydroxylamine groups is 4. The summed E-state index contributed by atoms with van der Waals surface area (Å²) in [6.45, 7) is 10.2. The summed E-state index contributed by atoms with van der Waals surface area (Å²) in [5.74, 6) is -0.795. The van der Waals surface area contributed by atoms with Crippen molar-refractivity contribution in [3.63, 3.8) is 0 Å². The second-order valence-electron chi connectivity index (χ2n) is 15.8. The Labute approximate surface area is 380 Å². The van der Waals surface area contributed by atoms with E-state index in [1.54, 1.807) is 43.5 Å². The molecule has 8 rings (SSSR count). The Morgan fingerprint density at radius 3 is 1.32 bits per heavy atom. The van der Waals surface area contributed by atoms with E-state index in [2.05, 4.69) is 15.9 Å². The Morgan fingerprint density at radius 2 is 0.968 bits per heavy atom. The zero-order valence-electron chi connectivity index (χ0n) is 35.4. The average molecular weight is 953 g/mol. The van der Waals surface area contributed by atoms with Gasteiger partial charge in [-0.05, 0) is 114 Å². The highest BCUT2D eigenvalue weighted by atomic mass is 79.9. The monoisotopic (exact) mass is 950 g/mol. The van der Waals surface area contributed by atoms with E-state index in [9.17, 15) is 19.8 Å². The number of benzene rings is 4. The molecule has 2 spiro atoms. The van der Waals surface area contributed by atoms with Gasteiger partial charge in [-0.1, -0.05) is 75.5 Å². The van der Waals surface area contributed by atoms with Gasteiger partial charge in [-0.15, -0.1) is 0 Å². The molecule has 4 heterocycles. The lowest BCUT2D eigenvalue weighted by Gasteiger charge is -2.36. The summed E-state index contributed by atoms with van der Waals surface area (Å²) >= 11 is 15.0. The first-order valence-corrected chi connectivity index (χ1v) is 21.7. The van der Waals surface area contributed by atoms with Crippen molar-refractivity contribution < 1.29 is 49.0 Å². The summed E-state index contributed by atoms with van der Waals surface area (Å²) in [5, 5.41) is 44.0. The van der Waals surface area contributed by atoms with Gasteiger partial charge in [0.25, 0.3) is 0 Å². The highest BCUT2D eigenvalue weighted by Gasteiger charge is 2.52. The van der Waals surface area contributed by atoms with Gasteiger partial charge < -0.3 is 39.4 Å². The zero-order valence-corrected chi connectivity index (χ0v) is 38.5. The van der Waals surface area contributed by atoms with E-state index < -0.39 is 30.3 Å². The van der Waals surface area contributed by atoms with Gasteiger partial charge in [-0.25, -0.2) is 9.59 Å². The summed E-state index contributed by atoms with van der Waals surface area (Å²) < 4.78 is 12.3. The van der Waals surface area contributed by atoms with Gasteiger partial charge in [0.15, 0.2) is 22.7 Å². The molecule has 0 radical (unpaired) electrons. The zero-order chi connectivity index (χ0) is 45.1. The molecule has 4 aromatic rings. The SMILES string of the molecule is CON1CCC2(CC1)OC(=O)C(c1c(C)cc(-c3ccc(Cl)cc3)cc1C)=C2O.CON1CCC2(CC1)OC(=O)C(c1c(C)cc(Br)cc1C)=C2O.OB(O)c1ccc(Cl)cc1. The molecule has 328 valence electrons. The normalized spacial score (nSPS) is 18.3. The number of halogens is 3. The van der Waals surface area contributed by atoms with Crippen molar-refractivity contribution in [3.05, 3.63) is 132 Å². The molecule has 0 saturated carbocycles. The Hall–Kier alpha value is -4.22. The molecule has 0 bridgehead atoms. The standard InChI is InChI=1S/C23H24ClNO4.C17H20BrNO4.C6H6BClO2/c1-14-12-17(16-4-6-18(24)7-5-16)13-15(2)19(14)20-21(26)23(29-22(20)27)8-10-25(28-3)11-9-23;1-10-8-12(18)9-11(2)13(10)14-15(20)17(23-16(14)21)4-6-19(22-3)7-5-17;8-6-3-1-5(2-4-6)7(9)10/h4-7,12-13,26H,8-11H2,1-3H3;8-9,20H,4-7H2,1-3H3;1-4,9-10H. The number of carbonyl (C=O) groups is 2. The van der Waals surface area contributed by atoms with Crippen molar-refractivity contribution in [2.45, 2.75) is 64.6 Å². The lowest BCUT2D eigenvalue weighted by Crippen LogP contribution is -2.45. The number of hydrogen-bond acceptors (Lipinski definition) is 12. The fraction of sp³-hybridized carbons (Fsp3) is 0.348.